The van der Waals surface area contributed by atoms with Gasteiger partial charge in [0.2, 0.25) is 0 Å². The molecular formula is C32H36N6O4. The Hall–Kier alpha value is -4.53. The Morgan fingerprint density at radius 1 is 1.00 bits per heavy atom. The van der Waals surface area contributed by atoms with Crippen LogP contribution in [0, 0.1) is 6.92 Å². The highest BCUT2D eigenvalue weighted by Crippen LogP contribution is 2.44. The summed E-state index contributed by atoms with van der Waals surface area (Å²) in [4.78, 5) is 32.3. The number of anilines is 1. The van der Waals surface area contributed by atoms with Gasteiger partial charge in [-0.25, -0.2) is 9.59 Å². The van der Waals surface area contributed by atoms with Crippen LogP contribution in [0.25, 0.3) is 21.6 Å². The fraction of sp³-hybridized carbons (Fsp3) is 0.375. The lowest BCUT2D eigenvalue weighted by Gasteiger charge is -2.34. The maximum Gasteiger partial charge on any atom is 0.412 e. The number of fused-ring (bicyclic) bond motifs is 3. The molecule has 0 saturated carbocycles. The van der Waals surface area contributed by atoms with Gasteiger partial charge >= 0.3 is 12.2 Å². The predicted octanol–water partition coefficient (Wildman–Crippen LogP) is 7.35. The van der Waals surface area contributed by atoms with E-state index >= 15 is 0 Å². The van der Waals surface area contributed by atoms with E-state index in [1.54, 1.807) is 31.7 Å². The summed E-state index contributed by atoms with van der Waals surface area (Å²) in [6.07, 6.45) is -0.886. The molecule has 3 aromatic carbocycles. The lowest BCUT2D eigenvalue weighted by atomic mass is 9.98. The third-order valence-electron chi connectivity index (χ3n) is 7.65. The first-order valence-electron chi connectivity index (χ1n) is 14.1. The standard InChI is InChI=1S/C32H36N6O4/c1-21-22(17-23(18-29(21)35-36-33)34-30(39)42-32(2,3)4)19-37-13-15-38(16-14-37)31(40)41-20-28-26-11-7-5-9-24(26)25-10-6-8-12-27(25)28/h5-12,17-18,28H,13-16,19-20H2,1-4H3,(H,34,39). The molecule has 0 bridgehead atoms. The van der Waals surface area contributed by atoms with E-state index < -0.39 is 11.7 Å². The Kier molecular flexibility index (Phi) is 8.38. The second-order valence-electron chi connectivity index (χ2n) is 11.7. The molecule has 1 fully saturated rings. The minimum absolute atomic E-state index is 0.0254. The number of rotatable bonds is 6. The predicted molar refractivity (Wildman–Crippen MR) is 162 cm³/mol. The minimum atomic E-state index is -0.641. The lowest BCUT2D eigenvalue weighted by molar-refractivity contribution is 0.0635. The number of nitrogens with zero attached hydrogens (tertiary/aromatic N) is 5. The van der Waals surface area contributed by atoms with E-state index in [1.165, 1.54) is 22.3 Å². The largest absolute Gasteiger partial charge is 0.448 e. The summed E-state index contributed by atoms with van der Waals surface area (Å²) in [5.74, 6) is 0.0254. The van der Waals surface area contributed by atoms with Crippen molar-refractivity contribution in [2.24, 2.45) is 5.11 Å². The van der Waals surface area contributed by atoms with Crippen LogP contribution in [-0.2, 0) is 16.0 Å². The van der Waals surface area contributed by atoms with Crippen LogP contribution in [0.1, 0.15) is 48.9 Å². The van der Waals surface area contributed by atoms with Crippen LogP contribution in [0.15, 0.2) is 65.8 Å². The Balaban J connectivity index is 1.19. The van der Waals surface area contributed by atoms with E-state index in [0.29, 0.717) is 50.7 Å². The molecule has 10 heteroatoms. The summed E-state index contributed by atoms with van der Waals surface area (Å²) < 4.78 is 11.2. The summed E-state index contributed by atoms with van der Waals surface area (Å²) >= 11 is 0. The van der Waals surface area contributed by atoms with Gasteiger partial charge < -0.3 is 14.4 Å². The van der Waals surface area contributed by atoms with Crippen molar-refractivity contribution in [2.45, 2.75) is 45.8 Å². The minimum Gasteiger partial charge on any atom is -0.448 e. The molecule has 218 valence electrons. The number of amides is 2. The van der Waals surface area contributed by atoms with Gasteiger partial charge in [0.25, 0.3) is 0 Å². The molecule has 1 saturated heterocycles. The second kappa shape index (κ2) is 12.1. The quantitative estimate of drug-likeness (QED) is 0.189. The smallest absolute Gasteiger partial charge is 0.412 e. The van der Waals surface area contributed by atoms with Crippen molar-refractivity contribution in [3.8, 4) is 11.1 Å². The van der Waals surface area contributed by atoms with Gasteiger partial charge in [-0.15, -0.1) is 0 Å². The molecule has 1 heterocycles. The van der Waals surface area contributed by atoms with Crippen LogP contribution in [0.3, 0.4) is 0 Å². The molecular weight excluding hydrogens is 532 g/mol. The Bertz CT molecular complexity index is 1490. The summed E-state index contributed by atoms with van der Waals surface area (Å²) in [6, 6.07) is 20.1. The zero-order chi connectivity index (χ0) is 29.9. The van der Waals surface area contributed by atoms with E-state index in [4.69, 9.17) is 15.0 Å². The van der Waals surface area contributed by atoms with E-state index in [9.17, 15) is 9.59 Å². The molecule has 42 heavy (non-hydrogen) atoms. The molecule has 0 unspecified atom stereocenters. The molecule has 3 aromatic rings. The third kappa shape index (κ3) is 6.51. The molecule has 10 nitrogen and oxygen atoms in total. The SMILES string of the molecule is Cc1c(CN2CCN(C(=O)OCC3c4ccccc4-c4ccccc43)CC2)cc(NC(=O)OC(C)(C)C)cc1N=[N+]=[N-]. The molecule has 1 aliphatic heterocycles. The average molecular weight is 569 g/mol. The molecule has 0 aromatic heterocycles. The first-order valence-corrected chi connectivity index (χ1v) is 14.1. The number of azide groups is 1. The van der Waals surface area contributed by atoms with Crippen molar-refractivity contribution in [1.29, 1.82) is 0 Å². The maximum atomic E-state index is 13.0. The monoisotopic (exact) mass is 568 g/mol. The lowest BCUT2D eigenvalue weighted by Crippen LogP contribution is -2.48. The molecule has 0 radical (unpaired) electrons. The number of ether oxygens (including phenoxy) is 2. The van der Waals surface area contributed by atoms with Crippen molar-refractivity contribution in [3.63, 3.8) is 0 Å². The topological polar surface area (TPSA) is 120 Å². The fourth-order valence-electron chi connectivity index (χ4n) is 5.58. The number of carbonyl (C=O) groups excluding carboxylic acids is 2. The third-order valence-corrected chi connectivity index (χ3v) is 7.65. The van der Waals surface area contributed by atoms with Crippen molar-refractivity contribution in [3.05, 3.63) is 93.4 Å². The van der Waals surface area contributed by atoms with E-state index in [-0.39, 0.29) is 12.0 Å². The van der Waals surface area contributed by atoms with Crippen LogP contribution in [-0.4, -0.2) is 60.4 Å². The molecule has 2 amide bonds. The highest BCUT2D eigenvalue weighted by Gasteiger charge is 2.30. The number of carbonyl (C=O) groups is 2. The van der Waals surface area contributed by atoms with E-state index in [2.05, 4.69) is 44.5 Å². The van der Waals surface area contributed by atoms with Crippen LogP contribution >= 0.6 is 0 Å². The molecule has 0 spiro atoms. The maximum absolute atomic E-state index is 13.0. The second-order valence-corrected chi connectivity index (χ2v) is 11.7. The normalized spacial score (nSPS) is 14.9. The van der Waals surface area contributed by atoms with Crippen molar-refractivity contribution in [1.82, 2.24) is 9.80 Å². The Morgan fingerprint density at radius 2 is 1.62 bits per heavy atom. The van der Waals surface area contributed by atoms with Gasteiger partial charge in [0.05, 0.1) is 0 Å². The number of hydrogen-bond donors (Lipinski definition) is 1. The van der Waals surface area contributed by atoms with Gasteiger partial charge in [-0.3, -0.25) is 10.2 Å². The first kappa shape index (κ1) is 29.0. The molecule has 5 rings (SSSR count). The number of piperazine rings is 1. The molecule has 1 aliphatic carbocycles. The van der Waals surface area contributed by atoms with E-state index in [1.807, 2.05) is 37.3 Å². The van der Waals surface area contributed by atoms with Gasteiger partial charge in [0.15, 0.2) is 0 Å². The van der Waals surface area contributed by atoms with Crippen LogP contribution < -0.4 is 5.32 Å². The Labute approximate surface area is 245 Å². The van der Waals surface area contributed by atoms with Crippen molar-refractivity contribution < 1.29 is 19.1 Å². The van der Waals surface area contributed by atoms with E-state index in [0.717, 1.165) is 11.1 Å². The summed E-state index contributed by atoms with van der Waals surface area (Å²) in [6.45, 7) is 10.5. The average Bonchev–Trinajstić information content (AvgIpc) is 3.27. The number of benzene rings is 3. The van der Waals surface area contributed by atoms with Crippen LogP contribution in [0.5, 0.6) is 0 Å². The number of hydrogen-bond acceptors (Lipinski definition) is 6. The highest BCUT2D eigenvalue weighted by atomic mass is 16.6. The summed E-state index contributed by atoms with van der Waals surface area (Å²) in [5, 5.41) is 6.56. The molecule has 0 atom stereocenters. The summed E-state index contributed by atoms with van der Waals surface area (Å²) in [7, 11) is 0. The van der Waals surface area contributed by atoms with Gasteiger partial charge in [-0.2, -0.15) is 0 Å². The van der Waals surface area contributed by atoms with Crippen molar-refractivity contribution in [2.75, 3.05) is 38.1 Å². The summed E-state index contributed by atoms with van der Waals surface area (Å²) in [5.41, 5.74) is 15.9. The molecule has 1 N–H and O–H groups in total. The highest BCUT2D eigenvalue weighted by molar-refractivity contribution is 5.86. The van der Waals surface area contributed by atoms with Gasteiger partial charge in [-0.05, 0) is 78.7 Å². The fourth-order valence-corrected chi connectivity index (χ4v) is 5.58. The zero-order valence-electron chi connectivity index (χ0n) is 24.5. The number of nitrogens with one attached hydrogen (secondary N) is 1. The molecule has 2 aliphatic rings. The Morgan fingerprint density at radius 3 is 2.21 bits per heavy atom. The van der Waals surface area contributed by atoms with Crippen molar-refractivity contribution >= 4 is 23.6 Å². The van der Waals surface area contributed by atoms with Gasteiger partial charge in [0.1, 0.15) is 12.2 Å². The first-order chi connectivity index (χ1) is 20.1. The zero-order valence-corrected chi connectivity index (χ0v) is 24.5. The van der Waals surface area contributed by atoms with Gasteiger partial charge in [0, 0.05) is 54.9 Å². The van der Waals surface area contributed by atoms with Crippen LogP contribution in [0.2, 0.25) is 0 Å². The van der Waals surface area contributed by atoms with Crippen LogP contribution in [0.4, 0.5) is 21.0 Å². The van der Waals surface area contributed by atoms with Gasteiger partial charge in [-0.1, -0.05) is 53.6 Å².